The van der Waals surface area contributed by atoms with Crippen molar-refractivity contribution >= 4 is 31.9 Å². The maximum atomic E-state index is 12.3. The number of amides is 1. The van der Waals surface area contributed by atoms with E-state index in [0.29, 0.717) is 5.56 Å². The Hall–Kier alpha value is -1.70. The van der Waals surface area contributed by atoms with Crippen LogP contribution in [0, 0.1) is 0 Å². The van der Waals surface area contributed by atoms with E-state index in [0.717, 1.165) is 10.0 Å². The number of rotatable bonds is 6. The molecule has 0 aliphatic carbocycles. The number of benzene rings is 2. The van der Waals surface area contributed by atoms with Crippen LogP contribution >= 0.6 is 15.9 Å². The molecule has 26 heavy (non-hydrogen) atoms. The molecular weight excluding hydrogens is 416 g/mol. The summed E-state index contributed by atoms with van der Waals surface area (Å²) in [7, 11) is -3.60. The number of carbonyl (C=O) groups is 1. The first-order valence-electron chi connectivity index (χ1n) is 8.23. The van der Waals surface area contributed by atoms with E-state index in [9.17, 15) is 13.2 Å². The van der Waals surface area contributed by atoms with E-state index in [-0.39, 0.29) is 29.3 Å². The molecular formula is C19H23BrN2O3S. The van der Waals surface area contributed by atoms with E-state index in [1.54, 1.807) is 30.3 Å². The summed E-state index contributed by atoms with van der Waals surface area (Å²) in [4.78, 5) is 12.2. The second-order valence-corrected chi connectivity index (χ2v) is 9.62. The summed E-state index contributed by atoms with van der Waals surface area (Å²) >= 11 is 3.31. The molecule has 2 rings (SSSR count). The van der Waals surface area contributed by atoms with Crippen molar-refractivity contribution in [3.8, 4) is 0 Å². The smallest absolute Gasteiger partial charge is 0.251 e. The summed E-state index contributed by atoms with van der Waals surface area (Å²) in [6.45, 7) is 6.53. The van der Waals surface area contributed by atoms with Crippen molar-refractivity contribution in [3.05, 3.63) is 64.1 Å². The summed E-state index contributed by atoms with van der Waals surface area (Å²) in [5.41, 5.74) is 1.55. The molecule has 0 aliphatic heterocycles. The quantitative estimate of drug-likeness (QED) is 0.677. The highest BCUT2D eigenvalue weighted by Gasteiger charge is 2.17. The largest absolute Gasteiger partial charge is 0.351 e. The predicted octanol–water partition coefficient (Wildman–Crippen LogP) is 3.45. The Labute approximate surface area is 163 Å². The summed E-state index contributed by atoms with van der Waals surface area (Å²) in [6.07, 6.45) is 0. The van der Waals surface area contributed by atoms with Crippen molar-refractivity contribution in [1.29, 1.82) is 0 Å². The Morgan fingerprint density at radius 2 is 1.69 bits per heavy atom. The van der Waals surface area contributed by atoms with Gasteiger partial charge in [0.05, 0.1) is 4.90 Å². The SMILES string of the molecule is CC(C)(C)c1ccc(S(=O)(=O)NCCNC(=O)c2cccc(Br)c2)cc1. The van der Waals surface area contributed by atoms with E-state index in [1.165, 1.54) is 0 Å². The fourth-order valence-electron chi connectivity index (χ4n) is 2.31. The Balaban J connectivity index is 1.89. The van der Waals surface area contributed by atoms with Crippen LogP contribution in [0.2, 0.25) is 0 Å². The second kappa shape index (κ2) is 8.33. The van der Waals surface area contributed by atoms with Gasteiger partial charge in [-0.2, -0.15) is 0 Å². The number of halogens is 1. The van der Waals surface area contributed by atoms with Crippen LogP contribution in [0.25, 0.3) is 0 Å². The van der Waals surface area contributed by atoms with Crippen LogP contribution in [0.3, 0.4) is 0 Å². The van der Waals surface area contributed by atoms with Gasteiger partial charge in [-0.25, -0.2) is 13.1 Å². The standard InChI is InChI=1S/C19H23BrN2O3S/c1-19(2,3)15-7-9-17(10-8-15)26(24,25)22-12-11-21-18(23)14-5-4-6-16(20)13-14/h4-10,13,22H,11-12H2,1-3H3,(H,21,23). The molecule has 0 atom stereocenters. The fraction of sp³-hybridized carbons (Fsp3) is 0.316. The van der Waals surface area contributed by atoms with Crippen molar-refractivity contribution in [2.45, 2.75) is 31.1 Å². The average molecular weight is 439 g/mol. The molecule has 140 valence electrons. The summed E-state index contributed by atoms with van der Waals surface area (Å²) < 4.78 is 28.0. The Bertz CT molecular complexity index is 872. The zero-order chi connectivity index (χ0) is 19.4. The molecule has 0 saturated carbocycles. The van der Waals surface area contributed by atoms with Gasteiger partial charge in [0.15, 0.2) is 0 Å². The molecule has 1 amide bonds. The minimum Gasteiger partial charge on any atom is -0.351 e. The molecule has 0 spiro atoms. The normalized spacial score (nSPS) is 12.0. The highest BCUT2D eigenvalue weighted by atomic mass is 79.9. The lowest BCUT2D eigenvalue weighted by molar-refractivity contribution is 0.0954. The molecule has 0 fully saturated rings. The van der Waals surface area contributed by atoms with Crippen LogP contribution in [0.5, 0.6) is 0 Å². The third-order valence-electron chi connectivity index (χ3n) is 3.82. The van der Waals surface area contributed by atoms with E-state index >= 15 is 0 Å². The first kappa shape index (κ1) is 20.6. The summed E-state index contributed by atoms with van der Waals surface area (Å²) in [5, 5.41) is 2.69. The minimum atomic E-state index is -3.60. The molecule has 0 radical (unpaired) electrons. The van der Waals surface area contributed by atoms with Gasteiger partial charge in [0.1, 0.15) is 0 Å². The molecule has 2 aromatic rings. The molecule has 2 aromatic carbocycles. The van der Waals surface area contributed by atoms with Crippen LogP contribution < -0.4 is 10.0 Å². The van der Waals surface area contributed by atoms with Crippen molar-refractivity contribution < 1.29 is 13.2 Å². The van der Waals surface area contributed by atoms with Gasteiger partial charge >= 0.3 is 0 Å². The lowest BCUT2D eigenvalue weighted by Gasteiger charge is -2.19. The molecule has 0 heterocycles. The summed E-state index contributed by atoms with van der Waals surface area (Å²) in [5.74, 6) is -0.250. The zero-order valence-electron chi connectivity index (χ0n) is 15.0. The Kier molecular flexibility index (Phi) is 6.60. The number of carbonyl (C=O) groups excluding carboxylic acids is 1. The van der Waals surface area contributed by atoms with E-state index in [2.05, 4.69) is 46.7 Å². The molecule has 0 aromatic heterocycles. The molecule has 0 aliphatic rings. The predicted molar refractivity (Wildman–Crippen MR) is 107 cm³/mol. The molecule has 0 unspecified atom stereocenters. The van der Waals surface area contributed by atoms with Crippen molar-refractivity contribution in [2.24, 2.45) is 0 Å². The Morgan fingerprint density at radius 3 is 2.27 bits per heavy atom. The van der Waals surface area contributed by atoms with E-state index in [1.807, 2.05) is 18.2 Å². The van der Waals surface area contributed by atoms with Crippen molar-refractivity contribution in [2.75, 3.05) is 13.1 Å². The highest BCUT2D eigenvalue weighted by Crippen LogP contribution is 2.23. The van der Waals surface area contributed by atoms with Crippen molar-refractivity contribution in [1.82, 2.24) is 10.0 Å². The summed E-state index contributed by atoms with van der Waals surface area (Å²) in [6, 6.07) is 13.8. The fourth-order valence-corrected chi connectivity index (χ4v) is 3.74. The van der Waals surface area contributed by atoms with Gasteiger partial charge in [0, 0.05) is 23.1 Å². The van der Waals surface area contributed by atoms with Gasteiger partial charge in [-0.15, -0.1) is 0 Å². The van der Waals surface area contributed by atoms with Gasteiger partial charge in [-0.3, -0.25) is 4.79 Å². The van der Waals surface area contributed by atoms with Gasteiger partial charge in [0.25, 0.3) is 5.91 Å². The monoisotopic (exact) mass is 438 g/mol. The van der Waals surface area contributed by atoms with E-state index < -0.39 is 10.0 Å². The van der Waals surface area contributed by atoms with Crippen LogP contribution in [0.4, 0.5) is 0 Å². The highest BCUT2D eigenvalue weighted by molar-refractivity contribution is 9.10. The topological polar surface area (TPSA) is 75.3 Å². The zero-order valence-corrected chi connectivity index (χ0v) is 17.4. The van der Waals surface area contributed by atoms with Gasteiger partial charge in [0.2, 0.25) is 10.0 Å². The van der Waals surface area contributed by atoms with Crippen LogP contribution in [-0.2, 0) is 15.4 Å². The maximum absolute atomic E-state index is 12.3. The van der Waals surface area contributed by atoms with Crippen molar-refractivity contribution in [3.63, 3.8) is 0 Å². The molecule has 7 heteroatoms. The third-order valence-corrected chi connectivity index (χ3v) is 5.79. The number of sulfonamides is 1. The first-order chi connectivity index (χ1) is 12.1. The van der Waals surface area contributed by atoms with Crippen LogP contribution in [0.15, 0.2) is 57.9 Å². The molecule has 0 saturated heterocycles. The Morgan fingerprint density at radius 1 is 1.04 bits per heavy atom. The third kappa shape index (κ3) is 5.65. The van der Waals surface area contributed by atoms with Crippen LogP contribution in [0.1, 0.15) is 36.7 Å². The molecule has 0 bridgehead atoms. The second-order valence-electron chi connectivity index (χ2n) is 6.94. The van der Waals surface area contributed by atoms with Gasteiger partial charge in [-0.1, -0.05) is 54.9 Å². The lowest BCUT2D eigenvalue weighted by atomic mass is 9.87. The molecule has 2 N–H and O–H groups in total. The first-order valence-corrected chi connectivity index (χ1v) is 10.5. The number of hydrogen-bond acceptors (Lipinski definition) is 3. The average Bonchev–Trinajstić information content (AvgIpc) is 2.58. The minimum absolute atomic E-state index is 0.0353. The maximum Gasteiger partial charge on any atom is 0.251 e. The number of nitrogens with one attached hydrogen (secondary N) is 2. The number of hydrogen-bond donors (Lipinski definition) is 2. The molecule has 5 nitrogen and oxygen atoms in total. The lowest BCUT2D eigenvalue weighted by Crippen LogP contribution is -2.34. The van der Waals surface area contributed by atoms with E-state index in [4.69, 9.17) is 0 Å². The van der Waals surface area contributed by atoms with Crippen LogP contribution in [-0.4, -0.2) is 27.4 Å². The van der Waals surface area contributed by atoms with Gasteiger partial charge < -0.3 is 5.32 Å². The van der Waals surface area contributed by atoms with Gasteiger partial charge in [-0.05, 0) is 41.3 Å².